The van der Waals surface area contributed by atoms with E-state index in [9.17, 15) is 9.90 Å². The molecular formula is C22H20N2O3. The number of benzene rings is 3. The molecule has 0 radical (unpaired) electrons. The van der Waals surface area contributed by atoms with Crippen LogP contribution in [0.4, 0.5) is 0 Å². The molecule has 0 bridgehead atoms. The molecule has 2 N–H and O–H groups in total. The molecule has 136 valence electrons. The topological polar surface area (TPSA) is 70.9 Å². The highest BCUT2D eigenvalue weighted by molar-refractivity contribution is 6.00. The predicted molar refractivity (Wildman–Crippen MR) is 105 cm³/mol. The Hall–Kier alpha value is -3.60. The number of amides is 1. The van der Waals surface area contributed by atoms with Crippen molar-refractivity contribution >= 4 is 11.6 Å². The van der Waals surface area contributed by atoms with Gasteiger partial charge in [0.15, 0.2) is 0 Å². The van der Waals surface area contributed by atoms with E-state index in [1.807, 2.05) is 30.3 Å². The van der Waals surface area contributed by atoms with Gasteiger partial charge in [-0.2, -0.15) is 5.10 Å². The number of carbonyl (C=O) groups is 1. The maximum atomic E-state index is 12.2. The van der Waals surface area contributed by atoms with E-state index >= 15 is 0 Å². The molecule has 3 aromatic carbocycles. The Morgan fingerprint density at radius 3 is 2.22 bits per heavy atom. The van der Waals surface area contributed by atoms with Crippen molar-refractivity contribution in [3.05, 3.63) is 95.6 Å². The summed E-state index contributed by atoms with van der Waals surface area (Å²) in [5, 5.41) is 13.4. The quantitative estimate of drug-likeness (QED) is 0.513. The molecule has 0 fully saturated rings. The Labute approximate surface area is 157 Å². The van der Waals surface area contributed by atoms with Gasteiger partial charge in [0.25, 0.3) is 5.91 Å². The van der Waals surface area contributed by atoms with Gasteiger partial charge in [0.05, 0.1) is 5.71 Å². The van der Waals surface area contributed by atoms with Crippen LogP contribution in [0, 0.1) is 0 Å². The lowest BCUT2D eigenvalue weighted by molar-refractivity contribution is 0.0955. The standard InChI is InChI=1S/C22H20N2O3/c1-16(18-7-11-20(25)12-8-18)23-24-22(26)19-9-13-21(14-10-19)27-15-17-5-3-2-4-6-17/h2-14,25H,15H2,1H3,(H,24,26)/b23-16+. The van der Waals surface area contributed by atoms with Crippen molar-refractivity contribution in [2.45, 2.75) is 13.5 Å². The van der Waals surface area contributed by atoms with E-state index in [-0.39, 0.29) is 11.7 Å². The van der Waals surface area contributed by atoms with E-state index in [0.717, 1.165) is 11.1 Å². The van der Waals surface area contributed by atoms with Gasteiger partial charge < -0.3 is 9.84 Å². The fraction of sp³-hybridized carbons (Fsp3) is 0.0909. The van der Waals surface area contributed by atoms with Crippen molar-refractivity contribution in [2.24, 2.45) is 5.10 Å². The highest BCUT2D eigenvalue weighted by atomic mass is 16.5. The molecule has 0 saturated carbocycles. The summed E-state index contributed by atoms with van der Waals surface area (Å²) < 4.78 is 5.71. The number of ether oxygens (including phenoxy) is 1. The van der Waals surface area contributed by atoms with Crippen LogP contribution in [-0.2, 0) is 6.61 Å². The van der Waals surface area contributed by atoms with E-state index in [1.165, 1.54) is 0 Å². The minimum Gasteiger partial charge on any atom is -0.508 e. The second-order valence-electron chi connectivity index (χ2n) is 5.98. The maximum Gasteiger partial charge on any atom is 0.271 e. The zero-order valence-electron chi connectivity index (χ0n) is 14.9. The van der Waals surface area contributed by atoms with E-state index in [4.69, 9.17) is 4.74 Å². The molecule has 0 aliphatic heterocycles. The Balaban J connectivity index is 1.57. The summed E-state index contributed by atoms with van der Waals surface area (Å²) in [7, 11) is 0. The van der Waals surface area contributed by atoms with Crippen molar-refractivity contribution in [3.63, 3.8) is 0 Å². The molecule has 0 saturated heterocycles. The van der Waals surface area contributed by atoms with Crippen LogP contribution in [-0.4, -0.2) is 16.7 Å². The highest BCUT2D eigenvalue weighted by Crippen LogP contribution is 2.14. The number of rotatable bonds is 6. The number of hydrazone groups is 1. The minimum absolute atomic E-state index is 0.185. The van der Waals surface area contributed by atoms with Gasteiger partial charge in [0, 0.05) is 5.56 Å². The Kier molecular flexibility index (Phi) is 5.84. The van der Waals surface area contributed by atoms with Gasteiger partial charge in [-0.25, -0.2) is 5.43 Å². The van der Waals surface area contributed by atoms with Crippen molar-refractivity contribution in [1.82, 2.24) is 5.43 Å². The first-order chi connectivity index (χ1) is 13.1. The maximum absolute atomic E-state index is 12.2. The number of carbonyl (C=O) groups excluding carboxylic acids is 1. The zero-order valence-corrected chi connectivity index (χ0v) is 14.9. The smallest absolute Gasteiger partial charge is 0.271 e. The van der Waals surface area contributed by atoms with Crippen molar-refractivity contribution in [2.75, 3.05) is 0 Å². The third kappa shape index (κ3) is 5.19. The van der Waals surface area contributed by atoms with Gasteiger partial charge in [-0.05, 0) is 66.6 Å². The van der Waals surface area contributed by atoms with Crippen LogP contribution in [0.3, 0.4) is 0 Å². The largest absolute Gasteiger partial charge is 0.508 e. The fourth-order valence-corrected chi connectivity index (χ4v) is 2.41. The number of phenolic OH excluding ortho intramolecular Hbond substituents is 1. The van der Waals surface area contributed by atoms with Crippen LogP contribution in [0.2, 0.25) is 0 Å². The number of hydrogen-bond donors (Lipinski definition) is 2. The van der Waals surface area contributed by atoms with E-state index < -0.39 is 0 Å². The lowest BCUT2D eigenvalue weighted by Gasteiger charge is -2.07. The lowest BCUT2D eigenvalue weighted by Crippen LogP contribution is -2.19. The Morgan fingerprint density at radius 1 is 0.926 bits per heavy atom. The second kappa shape index (κ2) is 8.67. The molecule has 0 unspecified atom stereocenters. The normalized spacial score (nSPS) is 11.1. The number of hydrogen-bond acceptors (Lipinski definition) is 4. The summed E-state index contributed by atoms with van der Waals surface area (Å²) in [5.74, 6) is 0.576. The Morgan fingerprint density at radius 2 is 1.56 bits per heavy atom. The van der Waals surface area contributed by atoms with Gasteiger partial charge >= 0.3 is 0 Å². The average molecular weight is 360 g/mol. The molecule has 3 rings (SSSR count). The van der Waals surface area contributed by atoms with Gasteiger partial charge in [-0.1, -0.05) is 30.3 Å². The summed E-state index contributed by atoms with van der Waals surface area (Å²) >= 11 is 0. The summed E-state index contributed by atoms with van der Waals surface area (Å²) in [4.78, 5) is 12.2. The van der Waals surface area contributed by atoms with E-state index in [2.05, 4.69) is 10.5 Å². The first-order valence-corrected chi connectivity index (χ1v) is 8.52. The fourth-order valence-electron chi connectivity index (χ4n) is 2.41. The summed E-state index contributed by atoms with van der Waals surface area (Å²) in [6.45, 7) is 2.26. The van der Waals surface area contributed by atoms with Crippen LogP contribution in [0.25, 0.3) is 0 Å². The average Bonchev–Trinajstić information content (AvgIpc) is 2.72. The van der Waals surface area contributed by atoms with E-state index in [0.29, 0.717) is 23.6 Å². The molecule has 0 aliphatic rings. The molecule has 1 amide bonds. The molecule has 0 heterocycles. The monoisotopic (exact) mass is 360 g/mol. The summed E-state index contributed by atoms with van der Waals surface area (Å²) in [6, 6.07) is 23.4. The Bertz CT molecular complexity index is 918. The molecular weight excluding hydrogens is 340 g/mol. The van der Waals surface area contributed by atoms with Gasteiger partial charge in [-0.3, -0.25) is 4.79 Å². The number of nitrogens with one attached hydrogen (secondary N) is 1. The number of aromatic hydroxyl groups is 1. The molecule has 3 aromatic rings. The van der Waals surface area contributed by atoms with Gasteiger partial charge in [0.1, 0.15) is 18.1 Å². The molecule has 0 atom stereocenters. The summed E-state index contributed by atoms with van der Waals surface area (Å²) in [6.07, 6.45) is 0. The SMILES string of the molecule is C/C(=N\NC(=O)c1ccc(OCc2ccccc2)cc1)c1ccc(O)cc1. The molecule has 27 heavy (non-hydrogen) atoms. The minimum atomic E-state index is -0.303. The number of phenols is 1. The molecule has 0 spiro atoms. The van der Waals surface area contributed by atoms with E-state index in [1.54, 1.807) is 55.5 Å². The molecule has 5 heteroatoms. The van der Waals surface area contributed by atoms with Crippen LogP contribution in [0.15, 0.2) is 84.0 Å². The number of nitrogens with zero attached hydrogens (tertiary/aromatic N) is 1. The molecule has 0 aliphatic carbocycles. The van der Waals surface area contributed by atoms with Crippen molar-refractivity contribution < 1.29 is 14.6 Å². The van der Waals surface area contributed by atoms with Crippen LogP contribution in [0.1, 0.15) is 28.4 Å². The summed E-state index contributed by atoms with van der Waals surface area (Å²) in [5.41, 5.74) is 5.57. The van der Waals surface area contributed by atoms with Crippen LogP contribution in [0.5, 0.6) is 11.5 Å². The first-order valence-electron chi connectivity index (χ1n) is 8.52. The first kappa shape index (κ1) is 18.2. The lowest BCUT2D eigenvalue weighted by atomic mass is 10.1. The van der Waals surface area contributed by atoms with Crippen molar-refractivity contribution in [1.29, 1.82) is 0 Å². The molecule has 0 aromatic heterocycles. The van der Waals surface area contributed by atoms with Gasteiger partial charge in [0.2, 0.25) is 0 Å². The molecule has 5 nitrogen and oxygen atoms in total. The van der Waals surface area contributed by atoms with Gasteiger partial charge in [-0.15, -0.1) is 0 Å². The zero-order chi connectivity index (χ0) is 19.1. The van der Waals surface area contributed by atoms with Crippen LogP contribution >= 0.6 is 0 Å². The van der Waals surface area contributed by atoms with Crippen molar-refractivity contribution in [3.8, 4) is 11.5 Å². The third-order valence-electron chi connectivity index (χ3n) is 3.98. The predicted octanol–water partition coefficient (Wildman–Crippen LogP) is 4.13. The second-order valence-corrected chi connectivity index (χ2v) is 5.98. The van der Waals surface area contributed by atoms with Crippen LogP contribution < -0.4 is 10.2 Å². The highest BCUT2D eigenvalue weighted by Gasteiger charge is 2.06. The third-order valence-corrected chi connectivity index (χ3v) is 3.98.